The summed E-state index contributed by atoms with van der Waals surface area (Å²) in [7, 11) is 4.27. The monoisotopic (exact) mass is 714 g/mol. The van der Waals surface area contributed by atoms with Crippen molar-refractivity contribution in [2.24, 2.45) is 29.8 Å². The number of rotatable bonds is 9. The SMILES string of the molecule is CC(c1cc2ccccc2n1C)N(/C(=C(\N)c1ccccc1)c1ccccc1)C1(c2cc3ccccc3n2C)N=C(c2ccccc2)C(c2ccccc2)=N1. The van der Waals surface area contributed by atoms with Crippen LogP contribution in [-0.2, 0) is 19.9 Å². The third kappa shape index (κ3) is 5.74. The zero-order valence-corrected chi connectivity index (χ0v) is 31.2. The fourth-order valence-electron chi connectivity index (χ4n) is 8.23. The molecule has 0 amide bonds. The second-order valence-electron chi connectivity index (χ2n) is 14.2. The van der Waals surface area contributed by atoms with Gasteiger partial charge in [-0.3, -0.25) is 0 Å². The van der Waals surface area contributed by atoms with Crippen LogP contribution in [0.15, 0.2) is 192 Å². The van der Waals surface area contributed by atoms with Gasteiger partial charge in [-0.15, -0.1) is 0 Å². The standard InChI is InChI=1S/C49H42N6/c1-34(43-32-39-28-16-18-30-41(39)53(43)2)55(48(38-26-14-7-15-27-38)45(50)35-20-8-4-9-21-35)49(44-33-40-29-17-19-31-42(40)54(44)3)51-46(36-22-10-5-11-23-36)47(52-49)37-24-12-6-13-25-37/h4-34H,50H2,1-3H3/b48-45-. The molecule has 1 unspecified atom stereocenters. The maximum absolute atomic E-state index is 7.54. The molecule has 9 rings (SSSR count). The maximum atomic E-state index is 7.54. The van der Waals surface area contributed by atoms with Crippen LogP contribution in [0.4, 0.5) is 0 Å². The van der Waals surface area contributed by atoms with Crippen molar-refractivity contribution in [1.82, 2.24) is 14.0 Å². The summed E-state index contributed by atoms with van der Waals surface area (Å²) in [6, 6.07) is 62.8. The molecule has 8 aromatic rings. The van der Waals surface area contributed by atoms with Crippen molar-refractivity contribution in [3.05, 3.63) is 216 Å². The van der Waals surface area contributed by atoms with E-state index >= 15 is 0 Å². The molecule has 0 radical (unpaired) electrons. The minimum atomic E-state index is -1.33. The largest absolute Gasteiger partial charge is 0.397 e. The Kier molecular flexibility index (Phi) is 8.51. The van der Waals surface area contributed by atoms with Crippen LogP contribution in [0.2, 0.25) is 0 Å². The van der Waals surface area contributed by atoms with Gasteiger partial charge in [-0.05, 0) is 42.1 Å². The van der Waals surface area contributed by atoms with Gasteiger partial charge in [0.15, 0.2) is 0 Å². The van der Waals surface area contributed by atoms with Gasteiger partial charge in [0.2, 0.25) is 0 Å². The number of nitrogens with two attached hydrogens (primary N) is 1. The van der Waals surface area contributed by atoms with Crippen LogP contribution in [0.3, 0.4) is 0 Å². The third-order valence-corrected chi connectivity index (χ3v) is 10.9. The van der Waals surface area contributed by atoms with Gasteiger partial charge >= 0.3 is 0 Å². The van der Waals surface area contributed by atoms with Crippen molar-refractivity contribution < 1.29 is 0 Å². The molecule has 0 saturated heterocycles. The summed E-state index contributed by atoms with van der Waals surface area (Å²) in [4.78, 5) is 14.3. The number of para-hydroxylation sites is 2. The Labute approximate surface area is 321 Å². The van der Waals surface area contributed by atoms with E-state index in [2.05, 4.69) is 181 Å². The molecule has 0 bridgehead atoms. The van der Waals surface area contributed by atoms with Gasteiger partial charge in [-0.1, -0.05) is 158 Å². The predicted molar refractivity (Wildman–Crippen MR) is 228 cm³/mol. The lowest BCUT2D eigenvalue weighted by Crippen LogP contribution is -2.45. The van der Waals surface area contributed by atoms with Gasteiger partial charge < -0.3 is 19.8 Å². The minimum Gasteiger partial charge on any atom is -0.397 e. The normalized spacial score (nSPS) is 14.7. The summed E-state index contributed by atoms with van der Waals surface area (Å²) < 4.78 is 4.55. The van der Waals surface area contributed by atoms with Crippen molar-refractivity contribution in [3.8, 4) is 0 Å². The van der Waals surface area contributed by atoms with Gasteiger partial charge in [-0.25, -0.2) is 9.98 Å². The Hall–Kier alpha value is -6.92. The van der Waals surface area contributed by atoms with E-state index in [0.29, 0.717) is 5.70 Å². The number of benzene rings is 6. The van der Waals surface area contributed by atoms with Crippen molar-refractivity contribution in [1.29, 1.82) is 0 Å². The Morgan fingerprint density at radius 3 is 1.49 bits per heavy atom. The molecule has 0 saturated carbocycles. The Morgan fingerprint density at radius 1 is 0.545 bits per heavy atom. The van der Waals surface area contributed by atoms with Crippen molar-refractivity contribution >= 4 is 44.6 Å². The minimum absolute atomic E-state index is 0.299. The highest BCUT2D eigenvalue weighted by Gasteiger charge is 2.50. The topological polar surface area (TPSA) is 63.8 Å². The van der Waals surface area contributed by atoms with Crippen LogP contribution in [0.1, 0.15) is 46.6 Å². The van der Waals surface area contributed by atoms with Crippen LogP contribution >= 0.6 is 0 Å². The zero-order chi connectivity index (χ0) is 37.5. The summed E-state index contributed by atoms with van der Waals surface area (Å²) in [5.41, 5.74) is 18.8. The smallest absolute Gasteiger partial charge is 0.272 e. The lowest BCUT2D eigenvalue weighted by atomic mass is 9.98. The first kappa shape index (κ1) is 33.9. The van der Waals surface area contributed by atoms with Crippen LogP contribution in [0, 0.1) is 0 Å². The molecule has 268 valence electrons. The van der Waals surface area contributed by atoms with E-state index in [4.69, 9.17) is 15.7 Å². The van der Waals surface area contributed by atoms with Crippen molar-refractivity contribution in [2.75, 3.05) is 0 Å². The molecule has 0 aliphatic carbocycles. The zero-order valence-electron chi connectivity index (χ0n) is 31.2. The van der Waals surface area contributed by atoms with Gasteiger partial charge in [0.25, 0.3) is 5.79 Å². The number of aromatic nitrogens is 2. The molecule has 3 heterocycles. The van der Waals surface area contributed by atoms with E-state index in [1.54, 1.807) is 0 Å². The summed E-state index contributed by atoms with van der Waals surface area (Å²) in [5, 5.41) is 2.28. The molecule has 0 spiro atoms. The fraction of sp³-hybridized carbons (Fsp3) is 0.102. The van der Waals surface area contributed by atoms with Crippen molar-refractivity contribution in [2.45, 2.75) is 18.8 Å². The Bertz CT molecular complexity index is 2680. The first-order valence-corrected chi connectivity index (χ1v) is 18.7. The van der Waals surface area contributed by atoms with E-state index in [0.717, 1.165) is 67.2 Å². The summed E-state index contributed by atoms with van der Waals surface area (Å²) in [5.74, 6) is -1.33. The van der Waals surface area contributed by atoms with Gasteiger partial charge in [0, 0.05) is 52.9 Å². The molecule has 6 aromatic carbocycles. The lowest BCUT2D eigenvalue weighted by molar-refractivity contribution is 0.125. The molecule has 2 aromatic heterocycles. The molecule has 55 heavy (non-hydrogen) atoms. The molecule has 6 heteroatoms. The Balaban J connectivity index is 1.46. The van der Waals surface area contributed by atoms with Crippen LogP contribution in [0.5, 0.6) is 0 Å². The lowest BCUT2D eigenvalue weighted by Gasteiger charge is -2.44. The highest BCUT2D eigenvalue weighted by atomic mass is 15.5. The summed E-state index contributed by atoms with van der Waals surface area (Å²) >= 11 is 0. The van der Waals surface area contributed by atoms with Gasteiger partial charge in [-0.2, -0.15) is 0 Å². The molecule has 2 N–H and O–H groups in total. The number of aryl methyl sites for hydroxylation is 2. The molecule has 1 atom stereocenters. The number of fused-ring (bicyclic) bond motifs is 2. The van der Waals surface area contributed by atoms with Gasteiger partial charge in [0.1, 0.15) is 0 Å². The molecular formula is C49H42N6. The molecule has 0 fully saturated rings. The second-order valence-corrected chi connectivity index (χ2v) is 14.2. The van der Waals surface area contributed by atoms with Crippen LogP contribution in [-0.4, -0.2) is 25.5 Å². The Morgan fingerprint density at radius 2 is 0.982 bits per heavy atom. The fourth-order valence-corrected chi connectivity index (χ4v) is 8.23. The summed E-state index contributed by atoms with van der Waals surface area (Å²) in [6.45, 7) is 2.26. The van der Waals surface area contributed by atoms with Crippen molar-refractivity contribution in [3.63, 3.8) is 0 Å². The highest BCUT2D eigenvalue weighted by molar-refractivity contribution is 6.54. The van der Waals surface area contributed by atoms with Crippen LogP contribution in [0.25, 0.3) is 33.2 Å². The third-order valence-electron chi connectivity index (χ3n) is 10.9. The first-order valence-electron chi connectivity index (χ1n) is 18.7. The predicted octanol–water partition coefficient (Wildman–Crippen LogP) is 10.3. The average molecular weight is 715 g/mol. The van der Waals surface area contributed by atoms with Gasteiger partial charge in [0.05, 0.1) is 34.6 Å². The maximum Gasteiger partial charge on any atom is 0.272 e. The first-order chi connectivity index (χ1) is 26.9. The van der Waals surface area contributed by atoms with E-state index < -0.39 is 5.79 Å². The quantitative estimate of drug-likeness (QED) is 0.151. The average Bonchev–Trinajstić information content (AvgIpc) is 3.92. The van der Waals surface area contributed by atoms with E-state index in [9.17, 15) is 0 Å². The summed E-state index contributed by atoms with van der Waals surface area (Å²) in [6.07, 6.45) is 0. The molecular weight excluding hydrogens is 673 g/mol. The number of hydrogen-bond acceptors (Lipinski definition) is 4. The highest BCUT2D eigenvalue weighted by Crippen LogP contribution is 2.50. The molecule has 1 aliphatic heterocycles. The number of aliphatic imine (C=N–C) groups is 2. The van der Waals surface area contributed by atoms with Crippen LogP contribution < -0.4 is 5.73 Å². The van der Waals surface area contributed by atoms with E-state index in [1.807, 2.05) is 36.4 Å². The van der Waals surface area contributed by atoms with E-state index in [1.165, 1.54) is 5.39 Å². The second kappa shape index (κ2) is 13.8. The number of nitrogens with zero attached hydrogens (tertiary/aromatic N) is 5. The molecule has 1 aliphatic rings. The number of hydrogen-bond donors (Lipinski definition) is 1. The van der Waals surface area contributed by atoms with E-state index in [-0.39, 0.29) is 6.04 Å². The molecule has 6 nitrogen and oxygen atoms in total.